The van der Waals surface area contributed by atoms with E-state index in [-0.39, 0.29) is 17.4 Å². The van der Waals surface area contributed by atoms with E-state index in [1.165, 1.54) is 32.6 Å². The number of benzene rings is 1. The lowest BCUT2D eigenvalue weighted by Crippen LogP contribution is -2.38. The first kappa shape index (κ1) is 16.8. The van der Waals surface area contributed by atoms with E-state index in [0.29, 0.717) is 5.75 Å². The van der Waals surface area contributed by atoms with Crippen LogP contribution in [-0.4, -0.2) is 57.3 Å². The maximum Gasteiger partial charge on any atom is 0.260 e. The monoisotopic (exact) mass is 326 g/mol. The smallest absolute Gasteiger partial charge is 0.260 e. The van der Waals surface area contributed by atoms with Crippen LogP contribution in [0.2, 0.25) is 0 Å². The summed E-state index contributed by atoms with van der Waals surface area (Å²) in [7, 11) is -0.473. The summed E-state index contributed by atoms with van der Waals surface area (Å²) in [6.45, 7) is 1.57. The largest absolute Gasteiger partial charge is 0.484 e. The predicted molar refractivity (Wildman–Crippen MR) is 83.2 cm³/mol. The number of amides is 1. The number of sulfonamides is 1. The number of rotatable bonds is 5. The Kier molecular flexibility index (Phi) is 5.42. The van der Waals surface area contributed by atoms with Gasteiger partial charge in [-0.3, -0.25) is 4.79 Å². The molecule has 0 aliphatic carbocycles. The Balaban J connectivity index is 1.93. The van der Waals surface area contributed by atoms with Crippen molar-refractivity contribution in [2.75, 3.05) is 33.8 Å². The van der Waals surface area contributed by atoms with Crippen molar-refractivity contribution in [1.82, 2.24) is 9.21 Å². The third-order valence-corrected chi connectivity index (χ3v) is 5.50. The van der Waals surface area contributed by atoms with Gasteiger partial charge in [0.1, 0.15) is 5.75 Å². The maximum atomic E-state index is 12.0. The van der Waals surface area contributed by atoms with Crippen LogP contribution in [0.25, 0.3) is 0 Å². The first-order chi connectivity index (χ1) is 10.4. The lowest BCUT2D eigenvalue weighted by molar-refractivity contribution is -0.134. The van der Waals surface area contributed by atoms with Crippen LogP contribution in [0.15, 0.2) is 29.2 Å². The normalized spacial score (nSPS) is 15.9. The molecule has 0 aromatic heterocycles. The summed E-state index contributed by atoms with van der Waals surface area (Å²) in [6, 6.07) is 6.10. The summed E-state index contributed by atoms with van der Waals surface area (Å²) < 4.78 is 30.5. The van der Waals surface area contributed by atoms with Crippen molar-refractivity contribution in [2.24, 2.45) is 0 Å². The molecule has 0 radical (unpaired) electrons. The Labute approximate surface area is 131 Å². The first-order valence-electron chi connectivity index (χ1n) is 7.34. The van der Waals surface area contributed by atoms with Gasteiger partial charge >= 0.3 is 0 Å². The van der Waals surface area contributed by atoms with Crippen molar-refractivity contribution in [1.29, 1.82) is 0 Å². The molecule has 1 saturated heterocycles. The molecule has 22 heavy (non-hydrogen) atoms. The van der Waals surface area contributed by atoms with Crippen molar-refractivity contribution < 1.29 is 17.9 Å². The highest BCUT2D eigenvalue weighted by Crippen LogP contribution is 2.18. The van der Waals surface area contributed by atoms with Crippen molar-refractivity contribution in [3.05, 3.63) is 24.3 Å². The summed E-state index contributed by atoms with van der Waals surface area (Å²) in [6.07, 6.45) is 3.26. The van der Waals surface area contributed by atoms with Gasteiger partial charge in [0.25, 0.3) is 5.91 Å². The molecule has 0 atom stereocenters. The molecule has 0 unspecified atom stereocenters. The van der Waals surface area contributed by atoms with Crippen LogP contribution < -0.4 is 4.74 Å². The summed E-state index contributed by atoms with van der Waals surface area (Å²) in [5.74, 6) is 0.466. The molecule has 1 amide bonds. The summed E-state index contributed by atoms with van der Waals surface area (Å²) in [4.78, 5) is 14.0. The molecule has 0 saturated carbocycles. The van der Waals surface area contributed by atoms with E-state index in [2.05, 4.69) is 0 Å². The number of hydrogen-bond donors (Lipinski definition) is 0. The van der Waals surface area contributed by atoms with Gasteiger partial charge < -0.3 is 9.64 Å². The second-order valence-electron chi connectivity index (χ2n) is 5.49. The Morgan fingerprint density at radius 3 is 2.27 bits per heavy atom. The molecule has 1 fully saturated rings. The van der Waals surface area contributed by atoms with E-state index in [0.717, 1.165) is 30.2 Å². The fourth-order valence-electron chi connectivity index (χ4n) is 2.30. The standard InChI is InChI=1S/C15H22N2O4S/c1-16(2)22(19,20)14-8-6-13(7-9-14)21-12-15(18)17-10-4-3-5-11-17/h6-9H,3-5,10-12H2,1-2H3. The van der Waals surface area contributed by atoms with Gasteiger partial charge in [-0.15, -0.1) is 0 Å². The molecule has 1 aromatic rings. The Morgan fingerprint density at radius 2 is 1.73 bits per heavy atom. The maximum absolute atomic E-state index is 12.0. The fraction of sp³-hybridized carbons (Fsp3) is 0.533. The number of likely N-dealkylation sites (tertiary alicyclic amines) is 1. The average molecular weight is 326 g/mol. The second kappa shape index (κ2) is 7.11. The lowest BCUT2D eigenvalue weighted by Gasteiger charge is -2.26. The van der Waals surface area contributed by atoms with Gasteiger partial charge in [-0.2, -0.15) is 0 Å². The number of piperidine rings is 1. The summed E-state index contributed by atoms with van der Waals surface area (Å²) in [5, 5.41) is 0. The van der Waals surface area contributed by atoms with E-state index in [1.807, 2.05) is 4.90 Å². The molecule has 1 aliphatic rings. The molecule has 1 aliphatic heterocycles. The van der Waals surface area contributed by atoms with Crippen LogP contribution in [0, 0.1) is 0 Å². The van der Waals surface area contributed by atoms with Gasteiger partial charge in [0.2, 0.25) is 10.0 Å². The van der Waals surface area contributed by atoms with E-state index in [1.54, 1.807) is 12.1 Å². The van der Waals surface area contributed by atoms with Crippen LogP contribution in [0.4, 0.5) is 0 Å². The molecule has 1 aromatic carbocycles. The van der Waals surface area contributed by atoms with Crippen molar-refractivity contribution in [3.63, 3.8) is 0 Å². The average Bonchev–Trinajstić information content (AvgIpc) is 2.53. The van der Waals surface area contributed by atoms with Gasteiger partial charge in [-0.1, -0.05) is 0 Å². The lowest BCUT2D eigenvalue weighted by atomic mass is 10.1. The highest BCUT2D eigenvalue weighted by Gasteiger charge is 2.18. The molecule has 0 spiro atoms. The van der Waals surface area contributed by atoms with Gasteiger partial charge in [-0.05, 0) is 43.5 Å². The zero-order chi connectivity index (χ0) is 16.2. The Morgan fingerprint density at radius 1 is 1.14 bits per heavy atom. The second-order valence-corrected chi connectivity index (χ2v) is 7.64. The topological polar surface area (TPSA) is 66.9 Å². The number of carbonyl (C=O) groups is 1. The Hall–Kier alpha value is -1.60. The van der Waals surface area contributed by atoms with E-state index >= 15 is 0 Å². The summed E-state index contributed by atoms with van der Waals surface area (Å²) in [5.41, 5.74) is 0. The highest BCUT2D eigenvalue weighted by atomic mass is 32.2. The molecule has 0 N–H and O–H groups in total. The van der Waals surface area contributed by atoms with Gasteiger partial charge in [0.05, 0.1) is 4.90 Å². The molecule has 1 heterocycles. The Bertz CT molecular complexity index is 605. The number of nitrogens with zero attached hydrogens (tertiary/aromatic N) is 2. The zero-order valence-corrected chi connectivity index (χ0v) is 13.8. The zero-order valence-electron chi connectivity index (χ0n) is 13.0. The number of ether oxygens (including phenoxy) is 1. The minimum Gasteiger partial charge on any atom is -0.484 e. The molecule has 122 valence electrons. The van der Waals surface area contributed by atoms with Gasteiger partial charge in [0.15, 0.2) is 6.61 Å². The van der Waals surface area contributed by atoms with Gasteiger partial charge in [0, 0.05) is 27.2 Å². The van der Waals surface area contributed by atoms with Crippen LogP contribution in [0.5, 0.6) is 5.75 Å². The molecular weight excluding hydrogens is 304 g/mol. The van der Waals surface area contributed by atoms with Crippen molar-refractivity contribution in [3.8, 4) is 5.75 Å². The quantitative estimate of drug-likeness (QED) is 0.819. The molecular formula is C15H22N2O4S. The minimum absolute atomic E-state index is 0.0141. The third-order valence-electron chi connectivity index (χ3n) is 3.67. The minimum atomic E-state index is -3.44. The van der Waals surface area contributed by atoms with Crippen LogP contribution in [0.3, 0.4) is 0 Å². The van der Waals surface area contributed by atoms with Crippen LogP contribution in [-0.2, 0) is 14.8 Å². The third kappa shape index (κ3) is 3.98. The van der Waals surface area contributed by atoms with Crippen LogP contribution >= 0.6 is 0 Å². The predicted octanol–water partition coefficient (Wildman–Crippen LogP) is 1.33. The SMILES string of the molecule is CN(C)S(=O)(=O)c1ccc(OCC(=O)N2CCCCC2)cc1. The van der Waals surface area contributed by atoms with E-state index < -0.39 is 10.0 Å². The van der Waals surface area contributed by atoms with E-state index in [9.17, 15) is 13.2 Å². The first-order valence-corrected chi connectivity index (χ1v) is 8.78. The van der Waals surface area contributed by atoms with Crippen LogP contribution in [0.1, 0.15) is 19.3 Å². The number of carbonyl (C=O) groups excluding carboxylic acids is 1. The highest BCUT2D eigenvalue weighted by molar-refractivity contribution is 7.89. The number of hydrogen-bond acceptors (Lipinski definition) is 4. The molecule has 2 rings (SSSR count). The molecule has 0 bridgehead atoms. The molecule has 6 nitrogen and oxygen atoms in total. The van der Waals surface area contributed by atoms with E-state index in [4.69, 9.17) is 4.74 Å². The fourth-order valence-corrected chi connectivity index (χ4v) is 3.20. The van der Waals surface area contributed by atoms with Crippen molar-refractivity contribution >= 4 is 15.9 Å². The van der Waals surface area contributed by atoms with Crippen molar-refractivity contribution in [2.45, 2.75) is 24.2 Å². The van der Waals surface area contributed by atoms with Gasteiger partial charge in [-0.25, -0.2) is 12.7 Å². The summed E-state index contributed by atoms with van der Waals surface area (Å²) >= 11 is 0. The molecule has 7 heteroatoms.